The zero-order valence-electron chi connectivity index (χ0n) is 12.6. The van der Waals surface area contributed by atoms with Crippen LogP contribution in [0.25, 0.3) is 0 Å². The summed E-state index contributed by atoms with van der Waals surface area (Å²) in [5, 5.41) is 3.50. The molecule has 2 aromatic rings. The molecule has 106 valence electrons. The topological polar surface area (TPSA) is 34.2 Å². The quantitative estimate of drug-likeness (QED) is 0.904. The molecule has 0 aliphatic heterocycles. The number of rotatable bonds is 5. The van der Waals surface area contributed by atoms with Gasteiger partial charge < -0.3 is 10.1 Å². The minimum absolute atomic E-state index is 0.0507. The number of pyridine rings is 1. The normalized spacial score (nSPS) is 12.2. The average Bonchev–Trinajstić information content (AvgIpc) is 2.43. The van der Waals surface area contributed by atoms with Crippen molar-refractivity contribution < 1.29 is 4.74 Å². The molecular weight excluding hydrogens is 248 g/mol. The van der Waals surface area contributed by atoms with Crippen molar-refractivity contribution in [3.8, 4) is 5.75 Å². The zero-order chi connectivity index (χ0) is 14.5. The molecule has 0 radical (unpaired) electrons. The summed E-state index contributed by atoms with van der Waals surface area (Å²) in [5.74, 6) is 0.817. The minimum atomic E-state index is 0.0507. The standard InChI is InChI=1S/C17H22N2O/c1-5-18-16(14-10-12(2)9-13(3)11-14)17-15(20-4)7-6-8-19-17/h6-11,16,18H,5H2,1-4H3. The van der Waals surface area contributed by atoms with Crippen molar-refractivity contribution in [1.82, 2.24) is 10.3 Å². The molecule has 20 heavy (non-hydrogen) atoms. The fourth-order valence-corrected chi connectivity index (χ4v) is 2.55. The maximum Gasteiger partial charge on any atom is 0.142 e. The molecule has 1 atom stereocenters. The van der Waals surface area contributed by atoms with E-state index >= 15 is 0 Å². The van der Waals surface area contributed by atoms with E-state index in [4.69, 9.17) is 4.74 Å². The van der Waals surface area contributed by atoms with Gasteiger partial charge >= 0.3 is 0 Å². The Kier molecular flexibility index (Phi) is 4.74. The highest BCUT2D eigenvalue weighted by Crippen LogP contribution is 2.28. The maximum absolute atomic E-state index is 5.45. The lowest BCUT2D eigenvalue weighted by Gasteiger charge is -2.21. The SMILES string of the molecule is CCNC(c1cc(C)cc(C)c1)c1ncccc1OC. The first-order valence-corrected chi connectivity index (χ1v) is 6.96. The van der Waals surface area contributed by atoms with Gasteiger partial charge in [0.1, 0.15) is 11.4 Å². The molecular formula is C17H22N2O. The number of hydrogen-bond acceptors (Lipinski definition) is 3. The molecule has 0 bridgehead atoms. The lowest BCUT2D eigenvalue weighted by molar-refractivity contribution is 0.400. The van der Waals surface area contributed by atoms with E-state index < -0.39 is 0 Å². The number of aromatic nitrogens is 1. The van der Waals surface area contributed by atoms with E-state index in [1.165, 1.54) is 16.7 Å². The lowest BCUT2D eigenvalue weighted by atomic mass is 9.98. The summed E-state index contributed by atoms with van der Waals surface area (Å²) in [6.45, 7) is 7.22. The summed E-state index contributed by atoms with van der Waals surface area (Å²) in [6, 6.07) is 10.5. The highest BCUT2D eigenvalue weighted by atomic mass is 16.5. The van der Waals surface area contributed by atoms with Crippen LogP contribution in [0.3, 0.4) is 0 Å². The molecule has 1 aromatic heterocycles. The summed E-state index contributed by atoms with van der Waals surface area (Å²) in [4.78, 5) is 4.52. The minimum Gasteiger partial charge on any atom is -0.495 e. The van der Waals surface area contributed by atoms with Gasteiger partial charge in [-0.3, -0.25) is 4.98 Å². The van der Waals surface area contributed by atoms with Crippen LogP contribution in [0.1, 0.15) is 35.3 Å². The molecule has 0 fully saturated rings. The van der Waals surface area contributed by atoms with E-state index in [1.807, 2.05) is 18.3 Å². The Labute approximate surface area is 121 Å². The first kappa shape index (κ1) is 14.5. The fourth-order valence-electron chi connectivity index (χ4n) is 2.55. The van der Waals surface area contributed by atoms with Crippen molar-refractivity contribution >= 4 is 0 Å². The van der Waals surface area contributed by atoms with Crippen molar-refractivity contribution in [2.75, 3.05) is 13.7 Å². The van der Waals surface area contributed by atoms with Crippen LogP contribution < -0.4 is 10.1 Å². The molecule has 3 nitrogen and oxygen atoms in total. The summed E-state index contributed by atoms with van der Waals surface area (Å²) in [7, 11) is 1.69. The molecule has 0 saturated heterocycles. The van der Waals surface area contributed by atoms with Gasteiger partial charge in [0.25, 0.3) is 0 Å². The summed E-state index contributed by atoms with van der Waals surface area (Å²) < 4.78 is 5.45. The zero-order valence-corrected chi connectivity index (χ0v) is 12.6. The van der Waals surface area contributed by atoms with Crippen LogP contribution in [0, 0.1) is 13.8 Å². The Morgan fingerprint density at radius 3 is 2.50 bits per heavy atom. The number of hydrogen-bond donors (Lipinski definition) is 1. The first-order valence-electron chi connectivity index (χ1n) is 6.96. The smallest absolute Gasteiger partial charge is 0.142 e. The fraction of sp³-hybridized carbons (Fsp3) is 0.353. The van der Waals surface area contributed by atoms with E-state index in [1.54, 1.807) is 7.11 Å². The second-order valence-electron chi connectivity index (χ2n) is 5.00. The molecule has 1 N–H and O–H groups in total. The van der Waals surface area contributed by atoms with E-state index in [-0.39, 0.29) is 6.04 Å². The van der Waals surface area contributed by atoms with Gasteiger partial charge in [0.15, 0.2) is 0 Å². The van der Waals surface area contributed by atoms with Gasteiger partial charge in [0.05, 0.1) is 13.2 Å². The molecule has 0 saturated carbocycles. The number of methoxy groups -OCH3 is 1. The number of ether oxygens (including phenoxy) is 1. The largest absolute Gasteiger partial charge is 0.495 e. The highest BCUT2D eigenvalue weighted by molar-refractivity contribution is 5.39. The van der Waals surface area contributed by atoms with Crippen LogP contribution in [0.5, 0.6) is 5.75 Å². The third-order valence-electron chi connectivity index (χ3n) is 3.28. The number of aryl methyl sites for hydroxylation is 2. The van der Waals surface area contributed by atoms with Crippen molar-refractivity contribution in [3.63, 3.8) is 0 Å². The Morgan fingerprint density at radius 2 is 1.90 bits per heavy atom. The Bertz CT molecular complexity index is 561. The second-order valence-corrected chi connectivity index (χ2v) is 5.00. The molecule has 1 unspecified atom stereocenters. The van der Waals surface area contributed by atoms with E-state index in [2.05, 4.69) is 49.3 Å². The molecule has 0 aliphatic carbocycles. The molecule has 0 spiro atoms. The van der Waals surface area contributed by atoms with E-state index in [9.17, 15) is 0 Å². The Balaban J connectivity index is 2.50. The van der Waals surface area contributed by atoms with Crippen LogP contribution in [0.15, 0.2) is 36.5 Å². The van der Waals surface area contributed by atoms with Crippen LogP contribution >= 0.6 is 0 Å². The van der Waals surface area contributed by atoms with Crippen LogP contribution in [-0.4, -0.2) is 18.6 Å². The molecule has 2 rings (SSSR count). The molecule has 1 heterocycles. The summed E-state index contributed by atoms with van der Waals surface area (Å²) in [6.07, 6.45) is 1.81. The number of benzene rings is 1. The highest BCUT2D eigenvalue weighted by Gasteiger charge is 2.19. The molecule has 0 amide bonds. The summed E-state index contributed by atoms with van der Waals surface area (Å²) >= 11 is 0. The Hall–Kier alpha value is -1.87. The van der Waals surface area contributed by atoms with Gasteiger partial charge in [-0.25, -0.2) is 0 Å². The predicted molar refractivity (Wildman–Crippen MR) is 82.2 cm³/mol. The van der Waals surface area contributed by atoms with Crippen molar-refractivity contribution in [3.05, 3.63) is 58.9 Å². The van der Waals surface area contributed by atoms with Gasteiger partial charge in [-0.2, -0.15) is 0 Å². The predicted octanol–water partition coefficient (Wildman–Crippen LogP) is 3.41. The van der Waals surface area contributed by atoms with Crippen molar-refractivity contribution in [1.29, 1.82) is 0 Å². The van der Waals surface area contributed by atoms with Crippen molar-refractivity contribution in [2.24, 2.45) is 0 Å². The van der Waals surface area contributed by atoms with Crippen LogP contribution in [-0.2, 0) is 0 Å². The Morgan fingerprint density at radius 1 is 1.20 bits per heavy atom. The van der Waals surface area contributed by atoms with Gasteiger partial charge in [-0.05, 0) is 38.1 Å². The van der Waals surface area contributed by atoms with E-state index in [0.29, 0.717) is 0 Å². The first-order chi connectivity index (χ1) is 9.65. The summed E-state index contributed by atoms with van der Waals surface area (Å²) in [5.41, 5.74) is 4.68. The lowest BCUT2D eigenvalue weighted by Crippen LogP contribution is -2.23. The van der Waals surface area contributed by atoms with Gasteiger partial charge in [0, 0.05) is 6.20 Å². The number of nitrogens with one attached hydrogen (secondary N) is 1. The van der Waals surface area contributed by atoms with Gasteiger partial charge in [-0.15, -0.1) is 0 Å². The third kappa shape index (κ3) is 3.17. The van der Waals surface area contributed by atoms with Gasteiger partial charge in [0.2, 0.25) is 0 Å². The average molecular weight is 270 g/mol. The maximum atomic E-state index is 5.45. The number of nitrogens with zero attached hydrogens (tertiary/aromatic N) is 1. The van der Waals surface area contributed by atoms with E-state index in [0.717, 1.165) is 18.0 Å². The monoisotopic (exact) mass is 270 g/mol. The molecule has 3 heteroatoms. The van der Waals surface area contributed by atoms with Crippen LogP contribution in [0.2, 0.25) is 0 Å². The van der Waals surface area contributed by atoms with Gasteiger partial charge in [-0.1, -0.05) is 36.2 Å². The van der Waals surface area contributed by atoms with Crippen molar-refractivity contribution in [2.45, 2.75) is 26.8 Å². The third-order valence-corrected chi connectivity index (χ3v) is 3.28. The molecule has 0 aliphatic rings. The second kappa shape index (κ2) is 6.53. The van der Waals surface area contributed by atoms with Crippen LogP contribution in [0.4, 0.5) is 0 Å². The molecule has 1 aromatic carbocycles.